The summed E-state index contributed by atoms with van der Waals surface area (Å²) in [5, 5.41) is 3.78. The molecular formula is C29H36F2N4O3S. The van der Waals surface area contributed by atoms with Gasteiger partial charge in [-0.15, -0.1) is 0 Å². The molecule has 1 N–H and O–H groups in total. The van der Waals surface area contributed by atoms with Gasteiger partial charge in [-0.2, -0.15) is 0 Å². The van der Waals surface area contributed by atoms with Crippen LogP contribution in [0, 0.1) is 5.41 Å². The van der Waals surface area contributed by atoms with Crippen LogP contribution in [-0.4, -0.2) is 71.9 Å². The molecule has 2 amide bonds. The van der Waals surface area contributed by atoms with Crippen LogP contribution in [0.1, 0.15) is 81.8 Å². The summed E-state index contributed by atoms with van der Waals surface area (Å²) >= 11 is 1.41. The van der Waals surface area contributed by atoms with Crippen LogP contribution in [0.5, 0.6) is 5.19 Å². The van der Waals surface area contributed by atoms with Crippen LogP contribution in [0.4, 0.5) is 8.78 Å². The molecule has 210 valence electrons. The van der Waals surface area contributed by atoms with Gasteiger partial charge >= 0.3 is 0 Å². The number of rotatable bonds is 8. The quantitative estimate of drug-likeness (QED) is 0.509. The number of thiazole rings is 1. The number of aromatic nitrogens is 1. The molecule has 1 aromatic carbocycles. The Bertz CT molecular complexity index is 1220. The Morgan fingerprint density at radius 3 is 2.64 bits per heavy atom. The van der Waals surface area contributed by atoms with Gasteiger partial charge in [-0.25, -0.2) is 13.8 Å². The van der Waals surface area contributed by atoms with Gasteiger partial charge in [-0.05, 0) is 81.0 Å². The Balaban J connectivity index is 1.01. The SMILES string of the molecule is CN1Cc2c(C(=O)NC34CCC(CCN5CCc6nc(OCC(F)F)sc6CC5)(CC3)CC4)cccc2C1=O. The Morgan fingerprint density at radius 1 is 1.15 bits per heavy atom. The van der Waals surface area contributed by atoms with E-state index >= 15 is 0 Å². The number of alkyl halides is 2. The number of fused-ring (bicyclic) bond motifs is 5. The molecule has 39 heavy (non-hydrogen) atoms. The first-order chi connectivity index (χ1) is 18.7. The average molecular weight is 559 g/mol. The predicted octanol–water partition coefficient (Wildman–Crippen LogP) is 4.69. The van der Waals surface area contributed by atoms with Gasteiger partial charge in [0.05, 0.1) is 5.69 Å². The molecule has 0 atom stereocenters. The monoisotopic (exact) mass is 558 g/mol. The highest BCUT2D eigenvalue weighted by atomic mass is 32.1. The summed E-state index contributed by atoms with van der Waals surface area (Å²) in [6.45, 7) is 2.83. The van der Waals surface area contributed by atoms with Crippen LogP contribution < -0.4 is 10.1 Å². The van der Waals surface area contributed by atoms with Crippen molar-refractivity contribution in [1.29, 1.82) is 0 Å². The van der Waals surface area contributed by atoms with E-state index in [0.717, 1.165) is 87.1 Å². The lowest BCUT2D eigenvalue weighted by atomic mass is 9.56. The smallest absolute Gasteiger partial charge is 0.273 e. The van der Waals surface area contributed by atoms with Gasteiger partial charge in [0.15, 0.2) is 6.61 Å². The molecule has 0 spiro atoms. The van der Waals surface area contributed by atoms with Crippen LogP contribution in [0.15, 0.2) is 18.2 Å². The molecule has 3 saturated carbocycles. The summed E-state index contributed by atoms with van der Waals surface area (Å²) in [7, 11) is 1.78. The van der Waals surface area contributed by atoms with E-state index in [1.165, 1.54) is 17.8 Å². The molecule has 0 saturated heterocycles. The maximum absolute atomic E-state index is 13.4. The van der Waals surface area contributed by atoms with Crippen LogP contribution in [0.2, 0.25) is 0 Å². The summed E-state index contributed by atoms with van der Waals surface area (Å²) in [5.41, 5.74) is 3.34. The number of hydrogen-bond donors (Lipinski definition) is 1. The summed E-state index contributed by atoms with van der Waals surface area (Å²) < 4.78 is 30.0. The van der Waals surface area contributed by atoms with Crippen molar-refractivity contribution < 1.29 is 23.1 Å². The van der Waals surface area contributed by atoms with Gasteiger partial charge in [0.2, 0.25) is 0 Å². The lowest BCUT2D eigenvalue weighted by Gasteiger charge is -2.54. The van der Waals surface area contributed by atoms with Crippen molar-refractivity contribution in [1.82, 2.24) is 20.1 Å². The number of carbonyl (C=O) groups excluding carboxylic acids is 2. The third kappa shape index (κ3) is 5.29. The Kier molecular flexibility index (Phi) is 7.12. The number of nitrogens with one attached hydrogen (secondary N) is 1. The van der Waals surface area contributed by atoms with Gasteiger partial charge in [-0.3, -0.25) is 9.59 Å². The van der Waals surface area contributed by atoms with Gasteiger partial charge in [-0.1, -0.05) is 17.4 Å². The van der Waals surface area contributed by atoms with Crippen LogP contribution in [-0.2, 0) is 19.4 Å². The number of halogens is 2. The molecule has 3 heterocycles. The molecule has 7 rings (SSSR count). The van der Waals surface area contributed by atoms with E-state index in [9.17, 15) is 18.4 Å². The van der Waals surface area contributed by atoms with Crippen molar-refractivity contribution >= 4 is 23.2 Å². The molecule has 2 aromatic rings. The van der Waals surface area contributed by atoms with Crippen molar-refractivity contribution in [2.75, 3.05) is 33.3 Å². The highest BCUT2D eigenvalue weighted by molar-refractivity contribution is 7.13. The second-order valence-electron chi connectivity index (χ2n) is 11.9. The highest BCUT2D eigenvalue weighted by Crippen LogP contribution is 2.54. The first-order valence-electron chi connectivity index (χ1n) is 14.1. The van der Waals surface area contributed by atoms with Gasteiger partial charge < -0.3 is 19.9 Å². The van der Waals surface area contributed by atoms with E-state index in [4.69, 9.17) is 4.74 Å². The van der Waals surface area contributed by atoms with E-state index in [1.54, 1.807) is 11.9 Å². The molecule has 7 nitrogen and oxygen atoms in total. The topological polar surface area (TPSA) is 74.8 Å². The summed E-state index contributed by atoms with van der Waals surface area (Å²) in [4.78, 5) is 35.6. The molecule has 2 aliphatic heterocycles. The maximum Gasteiger partial charge on any atom is 0.273 e. The molecule has 5 aliphatic rings. The Morgan fingerprint density at radius 2 is 1.90 bits per heavy atom. The maximum atomic E-state index is 13.4. The van der Waals surface area contributed by atoms with Gasteiger partial charge in [0.1, 0.15) is 0 Å². The highest BCUT2D eigenvalue weighted by Gasteiger charge is 2.49. The Labute approximate surface area is 231 Å². The minimum Gasteiger partial charge on any atom is -0.464 e. The number of ether oxygens (including phenoxy) is 1. The Hall–Kier alpha value is -2.59. The molecule has 1 aromatic heterocycles. The third-order valence-corrected chi connectivity index (χ3v) is 10.6. The lowest BCUT2D eigenvalue weighted by Crippen LogP contribution is -2.57. The molecule has 0 unspecified atom stereocenters. The van der Waals surface area contributed by atoms with E-state index < -0.39 is 13.0 Å². The molecular weight excluding hydrogens is 522 g/mol. The van der Waals surface area contributed by atoms with E-state index in [-0.39, 0.29) is 17.4 Å². The molecule has 0 radical (unpaired) electrons. The number of nitrogens with zero attached hydrogens (tertiary/aromatic N) is 3. The number of benzene rings is 1. The summed E-state index contributed by atoms with van der Waals surface area (Å²) in [5.74, 6) is -0.0596. The minimum atomic E-state index is -2.48. The zero-order chi connectivity index (χ0) is 27.2. The molecule has 3 fully saturated rings. The second kappa shape index (κ2) is 10.4. The first-order valence-corrected chi connectivity index (χ1v) is 14.9. The van der Waals surface area contributed by atoms with Crippen molar-refractivity contribution in [2.24, 2.45) is 5.41 Å². The second-order valence-corrected chi connectivity index (χ2v) is 12.9. The van der Waals surface area contributed by atoms with E-state index in [2.05, 4.69) is 15.2 Å². The van der Waals surface area contributed by atoms with E-state index in [0.29, 0.717) is 28.3 Å². The summed E-state index contributed by atoms with van der Waals surface area (Å²) in [6.07, 6.45) is 6.83. The standard InChI is InChI=1S/C29H36F2N4O3S/c1-34-17-21-19(3-2-4-20(21)26(34)37)25(36)33-29-10-7-28(8-11-29,9-12-29)13-16-35-14-5-22-23(6-15-35)39-27(32-22)38-18-24(30)31/h2-4,24H,5-18H2,1H3,(H,33,36). The summed E-state index contributed by atoms with van der Waals surface area (Å²) in [6, 6.07) is 5.47. The fraction of sp³-hybridized carbons (Fsp3) is 0.621. The van der Waals surface area contributed by atoms with Crippen LogP contribution in [0.25, 0.3) is 0 Å². The first kappa shape index (κ1) is 26.6. The molecule has 10 heteroatoms. The van der Waals surface area contributed by atoms with Crippen molar-refractivity contribution in [3.63, 3.8) is 0 Å². The van der Waals surface area contributed by atoms with Crippen LogP contribution in [0.3, 0.4) is 0 Å². The van der Waals surface area contributed by atoms with Gasteiger partial charge in [0.25, 0.3) is 23.4 Å². The van der Waals surface area contributed by atoms with Gasteiger partial charge in [0, 0.05) is 54.6 Å². The average Bonchev–Trinajstić information content (AvgIpc) is 3.40. The minimum absolute atomic E-state index is 0.0159. The number of amides is 2. The zero-order valence-corrected chi connectivity index (χ0v) is 23.3. The largest absolute Gasteiger partial charge is 0.464 e. The normalized spacial score (nSPS) is 26.5. The fourth-order valence-electron chi connectivity index (χ4n) is 7.02. The molecule has 3 aliphatic carbocycles. The number of carbonyl (C=O) groups is 2. The van der Waals surface area contributed by atoms with Crippen LogP contribution >= 0.6 is 11.3 Å². The number of hydrogen-bond acceptors (Lipinski definition) is 6. The lowest BCUT2D eigenvalue weighted by molar-refractivity contribution is 0.0108. The van der Waals surface area contributed by atoms with Crippen molar-refractivity contribution in [3.8, 4) is 5.19 Å². The van der Waals surface area contributed by atoms with E-state index in [1.807, 2.05) is 18.2 Å². The predicted molar refractivity (Wildman–Crippen MR) is 145 cm³/mol. The van der Waals surface area contributed by atoms with Crippen molar-refractivity contribution in [2.45, 2.75) is 76.3 Å². The molecule has 2 bridgehead atoms. The van der Waals surface area contributed by atoms with Crippen molar-refractivity contribution in [3.05, 3.63) is 45.5 Å². The fourth-order valence-corrected chi connectivity index (χ4v) is 7.97. The zero-order valence-electron chi connectivity index (χ0n) is 22.4. The third-order valence-electron chi connectivity index (χ3n) is 9.54.